The number of rotatable bonds is 2. The highest BCUT2D eigenvalue weighted by atomic mass is 16.4. The number of aromatic nitrogens is 2. The zero-order valence-corrected chi connectivity index (χ0v) is 10.5. The number of benzene rings is 1. The third kappa shape index (κ3) is 2.01. The summed E-state index contributed by atoms with van der Waals surface area (Å²) in [5.74, 6) is -1.53. The second-order valence-electron chi connectivity index (χ2n) is 4.43. The van der Waals surface area contributed by atoms with Crippen molar-refractivity contribution < 1.29 is 14.7 Å². The number of aromatic carboxylic acids is 1. The molecule has 2 aromatic rings. The third-order valence-electron chi connectivity index (χ3n) is 3.21. The summed E-state index contributed by atoms with van der Waals surface area (Å²) in [6, 6.07) is 7.64. The van der Waals surface area contributed by atoms with Gasteiger partial charge in [0.05, 0.1) is 12.4 Å². The topological polar surface area (TPSA) is 83.4 Å². The number of carbonyl (C=O) groups excluding carboxylic acids is 1. The molecule has 1 aromatic carbocycles. The Labute approximate surface area is 114 Å². The van der Waals surface area contributed by atoms with E-state index in [1.807, 2.05) is 24.3 Å². The monoisotopic (exact) mass is 269 g/mol. The number of carboxylic acid groups (broad SMARTS) is 1. The number of fused-ring (bicyclic) bond motifs is 1. The van der Waals surface area contributed by atoms with Crippen LogP contribution < -0.4 is 4.90 Å². The Morgan fingerprint density at radius 2 is 1.90 bits per heavy atom. The minimum atomic E-state index is -1.20. The van der Waals surface area contributed by atoms with E-state index in [2.05, 4.69) is 9.97 Å². The number of amides is 1. The van der Waals surface area contributed by atoms with Crippen LogP contribution in [-0.2, 0) is 6.42 Å². The van der Waals surface area contributed by atoms with Crippen molar-refractivity contribution in [2.24, 2.45) is 0 Å². The Kier molecular flexibility index (Phi) is 2.90. The molecule has 1 amide bonds. The molecular weight excluding hydrogens is 258 g/mol. The fourth-order valence-electron chi connectivity index (χ4n) is 2.26. The summed E-state index contributed by atoms with van der Waals surface area (Å²) in [4.78, 5) is 32.5. The van der Waals surface area contributed by atoms with Crippen LogP contribution in [0.4, 0.5) is 5.69 Å². The van der Waals surface area contributed by atoms with Gasteiger partial charge in [-0.2, -0.15) is 0 Å². The Morgan fingerprint density at radius 3 is 2.70 bits per heavy atom. The summed E-state index contributed by atoms with van der Waals surface area (Å²) in [7, 11) is 0. The minimum Gasteiger partial charge on any atom is -0.476 e. The van der Waals surface area contributed by atoms with Crippen molar-refractivity contribution in [3.63, 3.8) is 0 Å². The smallest absolute Gasteiger partial charge is 0.356 e. The van der Waals surface area contributed by atoms with E-state index in [1.165, 1.54) is 6.20 Å². The van der Waals surface area contributed by atoms with Crippen LogP contribution in [0.1, 0.15) is 26.5 Å². The van der Waals surface area contributed by atoms with E-state index >= 15 is 0 Å². The number of carboxylic acids is 1. The van der Waals surface area contributed by atoms with E-state index < -0.39 is 5.97 Å². The van der Waals surface area contributed by atoms with Crippen LogP contribution in [0.25, 0.3) is 0 Å². The highest BCUT2D eigenvalue weighted by Crippen LogP contribution is 2.28. The number of nitrogens with zero attached hydrogens (tertiary/aromatic N) is 3. The Bertz CT molecular complexity index is 700. The molecule has 0 saturated heterocycles. The molecule has 100 valence electrons. The van der Waals surface area contributed by atoms with Crippen LogP contribution in [0.5, 0.6) is 0 Å². The van der Waals surface area contributed by atoms with E-state index in [1.54, 1.807) is 4.90 Å². The zero-order valence-electron chi connectivity index (χ0n) is 10.5. The lowest BCUT2D eigenvalue weighted by Crippen LogP contribution is -2.30. The van der Waals surface area contributed by atoms with Crippen LogP contribution in [-0.4, -0.2) is 33.5 Å². The van der Waals surface area contributed by atoms with Crippen LogP contribution in [0, 0.1) is 0 Å². The summed E-state index contributed by atoms with van der Waals surface area (Å²) in [5.41, 5.74) is 1.76. The molecule has 1 N–H and O–H groups in total. The predicted octanol–water partition coefficient (Wildman–Crippen LogP) is 1.38. The molecule has 6 nitrogen and oxygen atoms in total. The molecule has 0 unspecified atom stereocenters. The molecule has 0 atom stereocenters. The molecule has 0 radical (unpaired) electrons. The maximum atomic E-state index is 12.4. The van der Waals surface area contributed by atoms with Gasteiger partial charge in [0.15, 0.2) is 5.69 Å². The number of carbonyl (C=O) groups is 2. The summed E-state index contributed by atoms with van der Waals surface area (Å²) in [6.07, 6.45) is 3.20. The fourth-order valence-corrected chi connectivity index (χ4v) is 2.26. The molecule has 1 aromatic heterocycles. The van der Waals surface area contributed by atoms with Crippen LogP contribution in [0.3, 0.4) is 0 Å². The van der Waals surface area contributed by atoms with Gasteiger partial charge in [0, 0.05) is 12.2 Å². The van der Waals surface area contributed by atoms with Crippen molar-refractivity contribution in [2.75, 3.05) is 11.4 Å². The summed E-state index contributed by atoms with van der Waals surface area (Å²) in [5, 5.41) is 8.89. The first kappa shape index (κ1) is 12.3. The molecule has 3 rings (SSSR count). The third-order valence-corrected chi connectivity index (χ3v) is 3.21. The largest absolute Gasteiger partial charge is 0.476 e. The predicted molar refractivity (Wildman–Crippen MR) is 70.8 cm³/mol. The Hall–Kier alpha value is -2.76. The summed E-state index contributed by atoms with van der Waals surface area (Å²) in [6.45, 7) is 0.567. The van der Waals surface area contributed by atoms with Gasteiger partial charge in [0.1, 0.15) is 5.69 Å². The van der Waals surface area contributed by atoms with Crippen molar-refractivity contribution in [3.05, 3.63) is 53.6 Å². The van der Waals surface area contributed by atoms with Gasteiger partial charge in [-0.1, -0.05) is 18.2 Å². The molecule has 0 fully saturated rings. The van der Waals surface area contributed by atoms with Gasteiger partial charge >= 0.3 is 5.97 Å². The van der Waals surface area contributed by atoms with Gasteiger partial charge in [-0.05, 0) is 18.1 Å². The SMILES string of the molecule is O=C(O)c1cncc(C(=O)N2CCc3ccccc32)n1. The maximum Gasteiger partial charge on any atom is 0.356 e. The molecule has 0 spiro atoms. The van der Waals surface area contributed by atoms with Crippen molar-refractivity contribution >= 4 is 17.6 Å². The van der Waals surface area contributed by atoms with Crippen LogP contribution in [0.2, 0.25) is 0 Å². The molecule has 0 bridgehead atoms. The average Bonchev–Trinajstić information content (AvgIpc) is 2.90. The standard InChI is InChI=1S/C14H11N3O3/c18-13(10-7-15-8-11(16-10)14(19)20)17-6-5-9-3-1-2-4-12(9)17/h1-4,7-8H,5-6H2,(H,19,20). The van der Waals surface area contributed by atoms with Gasteiger partial charge in [0.2, 0.25) is 0 Å². The molecule has 0 saturated carbocycles. The number of hydrogen-bond donors (Lipinski definition) is 1. The highest BCUT2D eigenvalue weighted by Gasteiger charge is 2.26. The molecule has 2 heterocycles. The highest BCUT2D eigenvalue weighted by molar-refractivity contribution is 6.06. The maximum absolute atomic E-state index is 12.4. The second kappa shape index (κ2) is 4.73. The van der Waals surface area contributed by atoms with E-state index in [0.717, 1.165) is 23.9 Å². The van der Waals surface area contributed by atoms with Gasteiger partial charge in [-0.25, -0.2) is 9.78 Å². The van der Waals surface area contributed by atoms with Gasteiger partial charge in [0.25, 0.3) is 5.91 Å². The molecule has 0 aliphatic carbocycles. The Morgan fingerprint density at radius 1 is 1.15 bits per heavy atom. The quantitative estimate of drug-likeness (QED) is 0.890. The lowest BCUT2D eigenvalue weighted by Gasteiger charge is -2.16. The van der Waals surface area contributed by atoms with E-state index in [0.29, 0.717) is 6.54 Å². The number of para-hydroxylation sites is 1. The fraction of sp³-hybridized carbons (Fsp3) is 0.143. The number of hydrogen-bond acceptors (Lipinski definition) is 4. The van der Waals surface area contributed by atoms with Gasteiger partial charge < -0.3 is 10.0 Å². The molecule has 1 aliphatic heterocycles. The molecule has 6 heteroatoms. The summed E-state index contributed by atoms with van der Waals surface area (Å²) >= 11 is 0. The van der Waals surface area contributed by atoms with Gasteiger partial charge in [-0.3, -0.25) is 9.78 Å². The first-order valence-corrected chi connectivity index (χ1v) is 6.12. The first-order chi connectivity index (χ1) is 9.66. The van der Waals surface area contributed by atoms with Crippen LogP contribution >= 0.6 is 0 Å². The van der Waals surface area contributed by atoms with E-state index in [4.69, 9.17) is 5.11 Å². The first-order valence-electron chi connectivity index (χ1n) is 6.12. The normalized spacial score (nSPS) is 13.1. The second-order valence-corrected chi connectivity index (χ2v) is 4.43. The molecule has 20 heavy (non-hydrogen) atoms. The lowest BCUT2D eigenvalue weighted by atomic mass is 10.2. The van der Waals surface area contributed by atoms with Crippen LogP contribution in [0.15, 0.2) is 36.7 Å². The van der Waals surface area contributed by atoms with Crippen molar-refractivity contribution in [2.45, 2.75) is 6.42 Å². The molecular formula is C14H11N3O3. The summed E-state index contributed by atoms with van der Waals surface area (Å²) < 4.78 is 0. The number of anilines is 1. The van der Waals surface area contributed by atoms with Crippen molar-refractivity contribution in [3.8, 4) is 0 Å². The zero-order chi connectivity index (χ0) is 14.1. The Balaban J connectivity index is 1.95. The lowest BCUT2D eigenvalue weighted by molar-refractivity contribution is 0.0690. The van der Waals surface area contributed by atoms with E-state index in [9.17, 15) is 9.59 Å². The minimum absolute atomic E-state index is 0.0432. The van der Waals surface area contributed by atoms with Crippen molar-refractivity contribution in [1.29, 1.82) is 0 Å². The van der Waals surface area contributed by atoms with Crippen molar-refractivity contribution in [1.82, 2.24) is 9.97 Å². The molecule has 1 aliphatic rings. The van der Waals surface area contributed by atoms with E-state index in [-0.39, 0.29) is 17.3 Å². The van der Waals surface area contributed by atoms with Gasteiger partial charge in [-0.15, -0.1) is 0 Å². The average molecular weight is 269 g/mol.